The summed E-state index contributed by atoms with van der Waals surface area (Å²) in [6.45, 7) is 1.97. The predicted molar refractivity (Wildman–Crippen MR) is 93.0 cm³/mol. The number of hydrogen-bond donors (Lipinski definition) is 3. The molecule has 0 heterocycles. The topological polar surface area (TPSA) is 87.0 Å². The normalized spacial score (nSPS) is 11.5. The Balaban J connectivity index is 0.000000254. The van der Waals surface area contributed by atoms with Crippen LogP contribution in [-0.4, -0.2) is 28.4 Å². The number of aliphatic carboxylic acids is 1. The number of aliphatic hydroxyl groups is 1. The van der Waals surface area contributed by atoms with Gasteiger partial charge < -0.3 is 20.1 Å². The molecule has 0 aliphatic carbocycles. The van der Waals surface area contributed by atoms with E-state index >= 15 is 0 Å². The molecule has 0 aliphatic heterocycles. The Morgan fingerprint density at radius 3 is 2.42 bits per heavy atom. The molecule has 0 bridgehead atoms. The quantitative estimate of drug-likeness (QED) is 0.729. The van der Waals surface area contributed by atoms with Crippen LogP contribution in [0, 0.1) is 0 Å². The van der Waals surface area contributed by atoms with Gasteiger partial charge in [0, 0.05) is 6.08 Å². The number of hydrogen-bond acceptors (Lipinski definition) is 4. The molecule has 0 radical (unpaired) electrons. The Morgan fingerprint density at radius 1 is 1.21 bits per heavy atom. The highest BCUT2D eigenvalue weighted by Gasteiger charge is 2.01. The van der Waals surface area contributed by atoms with Gasteiger partial charge in [0.05, 0.1) is 13.2 Å². The maximum atomic E-state index is 10.2. The summed E-state index contributed by atoms with van der Waals surface area (Å²) in [5.74, 6) is -0.672. The SMILES string of the molecule is CCC(O)c1ccccc1.COc1cc(C=CC(=O)O)ccc1O. The molecule has 128 valence electrons. The minimum absolute atomic E-state index is 0.0278. The highest BCUT2D eigenvalue weighted by molar-refractivity contribution is 5.85. The van der Waals surface area contributed by atoms with E-state index in [4.69, 9.17) is 9.84 Å². The molecule has 3 N–H and O–H groups in total. The van der Waals surface area contributed by atoms with E-state index < -0.39 is 5.97 Å². The van der Waals surface area contributed by atoms with E-state index in [9.17, 15) is 15.0 Å². The number of carbonyl (C=O) groups is 1. The molecule has 2 aromatic rings. The van der Waals surface area contributed by atoms with E-state index in [2.05, 4.69) is 0 Å². The summed E-state index contributed by atoms with van der Waals surface area (Å²) in [5, 5.41) is 27.0. The van der Waals surface area contributed by atoms with Gasteiger partial charge in [-0.3, -0.25) is 0 Å². The third-order valence-electron chi connectivity index (χ3n) is 3.19. The van der Waals surface area contributed by atoms with Gasteiger partial charge in [-0.15, -0.1) is 0 Å². The van der Waals surface area contributed by atoms with Crippen molar-refractivity contribution in [2.24, 2.45) is 0 Å². The average Bonchev–Trinajstić information content (AvgIpc) is 2.61. The zero-order valence-corrected chi connectivity index (χ0v) is 13.7. The van der Waals surface area contributed by atoms with Gasteiger partial charge in [0.1, 0.15) is 0 Å². The highest BCUT2D eigenvalue weighted by atomic mass is 16.5. The summed E-state index contributed by atoms with van der Waals surface area (Å²) in [6, 6.07) is 14.3. The molecule has 1 unspecified atom stereocenters. The van der Waals surface area contributed by atoms with Crippen molar-refractivity contribution in [2.75, 3.05) is 7.11 Å². The van der Waals surface area contributed by atoms with Crippen LogP contribution in [-0.2, 0) is 4.79 Å². The van der Waals surface area contributed by atoms with E-state index in [1.165, 1.54) is 19.3 Å². The second kappa shape index (κ2) is 10.1. The molecule has 5 nitrogen and oxygen atoms in total. The summed E-state index contributed by atoms with van der Waals surface area (Å²) < 4.78 is 4.86. The summed E-state index contributed by atoms with van der Waals surface area (Å²) in [4.78, 5) is 10.2. The minimum atomic E-state index is -1.02. The van der Waals surface area contributed by atoms with Crippen molar-refractivity contribution in [2.45, 2.75) is 19.4 Å². The molecule has 0 saturated heterocycles. The van der Waals surface area contributed by atoms with E-state index in [0.29, 0.717) is 11.3 Å². The summed E-state index contributed by atoms with van der Waals surface area (Å²) in [7, 11) is 1.43. The van der Waals surface area contributed by atoms with Gasteiger partial charge >= 0.3 is 5.97 Å². The number of phenols is 1. The monoisotopic (exact) mass is 330 g/mol. The Kier molecular flexibility index (Phi) is 8.08. The lowest BCUT2D eigenvalue weighted by Crippen LogP contribution is -1.93. The van der Waals surface area contributed by atoms with Crippen LogP contribution in [0.4, 0.5) is 0 Å². The van der Waals surface area contributed by atoms with Gasteiger partial charge in [0.25, 0.3) is 0 Å². The van der Waals surface area contributed by atoms with Crippen LogP contribution >= 0.6 is 0 Å². The van der Waals surface area contributed by atoms with Gasteiger partial charge in [-0.1, -0.05) is 43.3 Å². The fraction of sp³-hybridized carbons (Fsp3) is 0.211. The zero-order valence-electron chi connectivity index (χ0n) is 13.7. The van der Waals surface area contributed by atoms with Crippen molar-refractivity contribution in [1.29, 1.82) is 0 Å². The number of benzene rings is 2. The number of carboxylic acids is 1. The fourth-order valence-electron chi connectivity index (χ4n) is 1.88. The molecule has 2 aromatic carbocycles. The van der Waals surface area contributed by atoms with Gasteiger partial charge in [-0.25, -0.2) is 4.79 Å². The molecular weight excluding hydrogens is 308 g/mol. The van der Waals surface area contributed by atoms with Gasteiger partial charge in [-0.05, 0) is 35.8 Å². The molecule has 0 fully saturated rings. The van der Waals surface area contributed by atoms with Gasteiger partial charge in [-0.2, -0.15) is 0 Å². The number of methoxy groups -OCH3 is 1. The molecule has 1 atom stereocenters. The molecule has 5 heteroatoms. The van der Waals surface area contributed by atoms with Crippen LogP contribution in [0.1, 0.15) is 30.6 Å². The third-order valence-corrected chi connectivity index (χ3v) is 3.19. The first-order chi connectivity index (χ1) is 11.5. The smallest absolute Gasteiger partial charge is 0.328 e. The average molecular weight is 330 g/mol. The first-order valence-electron chi connectivity index (χ1n) is 7.49. The van der Waals surface area contributed by atoms with E-state index in [1.54, 1.807) is 12.1 Å². The maximum Gasteiger partial charge on any atom is 0.328 e. The van der Waals surface area contributed by atoms with Crippen LogP contribution in [0.25, 0.3) is 6.08 Å². The standard InChI is InChI=1S/C10H10O4.C9H12O/c1-14-9-6-7(2-4-8(9)11)3-5-10(12)13;1-2-9(10)8-6-4-3-5-7-8/h2-6,11H,1H3,(H,12,13);3-7,9-10H,2H2,1H3. The fourth-order valence-corrected chi connectivity index (χ4v) is 1.88. The third kappa shape index (κ3) is 6.54. The molecule has 0 spiro atoms. The van der Waals surface area contributed by atoms with Crippen molar-refractivity contribution in [3.8, 4) is 11.5 Å². The van der Waals surface area contributed by atoms with Gasteiger partial charge in [0.2, 0.25) is 0 Å². The Hall–Kier alpha value is -2.79. The molecule has 0 saturated carbocycles. The summed E-state index contributed by atoms with van der Waals surface area (Å²) in [6.07, 6.45) is 2.93. The van der Waals surface area contributed by atoms with Crippen molar-refractivity contribution in [3.05, 3.63) is 65.7 Å². The highest BCUT2D eigenvalue weighted by Crippen LogP contribution is 2.26. The lowest BCUT2D eigenvalue weighted by atomic mass is 10.1. The molecule has 0 amide bonds. The summed E-state index contributed by atoms with van der Waals surface area (Å²) in [5.41, 5.74) is 1.66. The van der Waals surface area contributed by atoms with Gasteiger partial charge in [0.15, 0.2) is 11.5 Å². The second-order valence-electron chi connectivity index (χ2n) is 4.94. The lowest BCUT2D eigenvalue weighted by molar-refractivity contribution is -0.131. The largest absolute Gasteiger partial charge is 0.504 e. The number of ether oxygens (including phenoxy) is 1. The molecule has 0 aromatic heterocycles. The summed E-state index contributed by atoms with van der Waals surface area (Å²) >= 11 is 0. The van der Waals surface area contributed by atoms with Crippen molar-refractivity contribution >= 4 is 12.0 Å². The zero-order chi connectivity index (χ0) is 17.9. The van der Waals surface area contributed by atoms with Crippen LogP contribution in [0.5, 0.6) is 11.5 Å². The number of carboxylic acid groups (broad SMARTS) is 1. The molecule has 24 heavy (non-hydrogen) atoms. The Labute approximate surface area is 141 Å². The van der Waals surface area contributed by atoms with E-state index in [1.807, 2.05) is 37.3 Å². The van der Waals surface area contributed by atoms with Crippen molar-refractivity contribution < 1.29 is 24.9 Å². The van der Waals surface area contributed by atoms with E-state index in [0.717, 1.165) is 18.1 Å². The first kappa shape index (κ1) is 19.3. The van der Waals surface area contributed by atoms with Crippen LogP contribution in [0.15, 0.2) is 54.6 Å². The molecule has 2 rings (SSSR count). The predicted octanol–water partition coefficient (Wildman–Crippen LogP) is 3.63. The number of aromatic hydroxyl groups is 1. The molecular formula is C19H22O5. The maximum absolute atomic E-state index is 10.2. The second-order valence-corrected chi connectivity index (χ2v) is 4.94. The minimum Gasteiger partial charge on any atom is -0.504 e. The van der Waals surface area contributed by atoms with Crippen LogP contribution < -0.4 is 4.74 Å². The Bertz CT molecular complexity index is 665. The van der Waals surface area contributed by atoms with Crippen LogP contribution in [0.2, 0.25) is 0 Å². The number of aliphatic hydroxyl groups excluding tert-OH is 1. The molecule has 0 aliphatic rings. The van der Waals surface area contributed by atoms with Crippen LogP contribution in [0.3, 0.4) is 0 Å². The van der Waals surface area contributed by atoms with E-state index in [-0.39, 0.29) is 11.9 Å². The first-order valence-corrected chi connectivity index (χ1v) is 7.49. The number of phenolic OH excluding ortho intramolecular Hbond substituents is 1. The lowest BCUT2D eigenvalue weighted by Gasteiger charge is -2.05. The Morgan fingerprint density at radius 2 is 1.88 bits per heavy atom. The van der Waals surface area contributed by atoms with Crippen molar-refractivity contribution in [3.63, 3.8) is 0 Å². The van der Waals surface area contributed by atoms with Crippen molar-refractivity contribution in [1.82, 2.24) is 0 Å². The number of rotatable bonds is 5.